The zero-order valence-electron chi connectivity index (χ0n) is 21.2. The van der Waals surface area contributed by atoms with Crippen molar-refractivity contribution < 1.29 is 0 Å². The number of nitrogen functional groups attached to an aromatic ring is 1. The lowest BCUT2D eigenvalue weighted by atomic mass is 9.98. The van der Waals surface area contributed by atoms with Gasteiger partial charge in [0.05, 0.1) is 28.1 Å². The van der Waals surface area contributed by atoms with E-state index in [1.165, 1.54) is 11.1 Å². The minimum absolute atomic E-state index is 0.749. The van der Waals surface area contributed by atoms with E-state index in [2.05, 4.69) is 52.5 Å². The predicted octanol–water partition coefficient (Wildman–Crippen LogP) is 5.88. The predicted molar refractivity (Wildman–Crippen MR) is 151 cm³/mol. The van der Waals surface area contributed by atoms with E-state index < -0.39 is 0 Å². The van der Waals surface area contributed by atoms with Crippen molar-refractivity contribution in [1.82, 2.24) is 24.6 Å². The van der Waals surface area contributed by atoms with Gasteiger partial charge in [0.2, 0.25) is 0 Å². The second kappa shape index (κ2) is 9.64. The van der Waals surface area contributed by atoms with E-state index in [0.717, 1.165) is 76.7 Å². The Morgan fingerprint density at radius 3 is 2.00 bits per heavy atom. The first-order valence-electron chi connectivity index (χ1n) is 12.7. The summed E-state index contributed by atoms with van der Waals surface area (Å²) in [5, 5.41) is 4.48. The lowest BCUT2D eigenvalue weighted by Gasteiger charge is -2.26. The number of anilines is 1. The molecule has 1 aliphatic heterocycles. The summed E-state index contributed by atoms with van der Waals surface area (Å²) in [6, 6.07) is 27.1. The largest absolute Gasteiger partial charge is 0.383 e. The standard InChI is InChI=1S/C31H30N6/c1-21-28(31(32)36(2)35-21)23-16-18-37(19-17-23)20-22-12-14-25(15-13-22)30-29(24-8-4-3-5-9-24)33-26-10-6-7-11-27(26)34-30/h3-16H,17-20,32H2,1-2H3. The maximum atomic E-state index is 6.27. The number of rotatable bonds is 5. The lowest BCUT2D eigenvalue weighted by Crippen LogP contribution is -2.28. The van der Waals surface area contributed by atoms with Gasteiger partial charge in [0.25, 0.3) is 0 Å². The Morgan fingerprint density at radius 2 is 1.43 bits per heavy atom. The van der Waals surface area contributed by atoms with Crippen LogP contribution in [-0.4, -0.2) is 37.7 Å². The third kappa shape index (κ3) is 4.52. The Bertz CT molecular complexity index is 1600. The molecule has 0 saturated carbocycles. The molecule has 0 radical (unpaired) electrons. The van der Waals surface area contributed by atoms with Gasteiger partial charge in [-0.3, -0.25) is 9.58 Å². The number of para-hydroxylation sites is 2. The molecule has 0 aliphatic carbocycles. The number of aromatic nitrogens is 4. The van der Waals surface area contributed by atoms with Crippen LogP contribution in [0.15, 0.2) is 84.9 Å². The summed E-state index contributed by atoms with van der Waals surface area (Å²) in [5.74, 6) is 0.749. The lowest BCUT2D eigenvalue weighted by molar-refractivity contribution is 0.294. The van der Waals surface area contributed by atoms with Gasteiger partial charge in [-0.2, -0.15) is 5.10 Å². The smallest absolute Gasteiger partial charge is 0.129 e. The molecule has 6 nitrogen and oxygen atoms in total. The molecule has 6 heteroatoms. The number of hydrogen-bond donors (Lipinski definition) is 1. The molecule has 6 rings (SSSR count). The van der Waals surface area contributed by atoms with E-state index in [0.29, 0.717) is 0 Å². The van der Waals surface area contributed by atoms with E-state index in [1.807, 2.05) is 56.4 Å². The molecule has 5 aromatic rings. The summed E-state index contributed by atoms with van der Waals surface area (Å²) in [5.41, 5.74) is 16.7. The number of nitrogens with two attached hydrogens (primary N) is 1. The fourth-order valence-electron chi connectivity index (χ4n) is 5.18. The first-order valence-corrected chi connectivity index (χ1v) is 12.7. The van der Waals surface area contributed by atoms with Crippen LogP contribution >= 0.6 is 0 Å². The number of nitrogens with zero attached hydrogens (tertiary/aromatic N) is 5. The van der Waals surface area contributed by atoms with E-state index in [4.69, 9.17) is 15.7 Å². The van der Waals surface area contributed by atoms with Gasteiger partial charge in [-0.15, -0.1) is 0 Å². The highest BCUT2D eigenvalue weighted by Crippen LogP contribution is 2.32. The third-order valence-electron chi connectivity index (χ3n) is 7.13. The van der Waals surface area contributed by atoms with Crippen molar-refractivity contribution in [1.29, 1.82) is 0 Å². The second-order valence-corrected chi connectivity index (χ2v) is 9.66. The first kappa shape index (κ1) is 23.1. The quantitative estimate of drug-likeness (QED) is 0.336. The number of aryl methyl sites for hydroxylation is 2. The average molecular weight is 487 g/mol. The van der Waals surface area contributed by atoms with Gasteiger partial charge in [-0.25, -0.2) is 9.97 Å². The Morgan fingerprint density at radius 1 is 0.811 bits per heavy atom. The summed E-state index contributed by atoms with van der Waals surface area (Å²) in [4.78, 5) is 12.5. The zero-order valence-corrected chi connectivity index (χ0v) is 21.2. The molecule has 0 saturated heterocycles. The van der Waals surface area contributed by atoms with Crippen molar-refractivity contribution >= 4 is 22.4 Å². The summed E-state index contributed by atoms with van der Waals surface area (Å²) >= 11 is 0. The third-order valence-corrected chi connectivity index (χ3v) is 7.13. The molecule has 2 aromatic heterocycles. The minimum Gasteiger partial charge on any atom is -0.383 e. The molecule has 3 heterocycles. The maximum absolute atomic E-state index is 6.27. The fourth-order valence-corrected chi connectivity index (χ4v) is 5.18. The van der Waals surface area contributed by atoms with Crippen LogP contribution in [0.3, 0.4) is 0 Å². The number of benzene rings is 3. The molecule has 0 spiro atoms. The van der Waals surface area contributed by atoms with Gasteiger partial charge in [0.1, 0.15) is 5.82 Å². The molecule has 184 valence electrons. The average Bonchev–Trinajstić information content (AvgIpc) is 3.20. The van der Waals surface area contributed by atoms with Crippen LogP contribution < -0.4 is 5.73 Å². The molecule has 0 unspecified atom stereocenters. The van der Waals surface area contributed by atoms with Crippen molar-refractivity contribution in [2.45, 2.75) is 19.9 Å². The Hall–Kier alpha value is -4.29. The Balaban J connectivity index is 1.24. The van der Waals surface area contributed by atoms with E-state index in [1.54, 1.807) is 4.68 Å². The van der Waals surface area contributed by atoms with E-state index >= 15 is 0 Å². The van der Waals surface area contributed by atoms with E-state index in [-0.39, 0.29) is 0 Å². The molecule has 3 aromatic carbocycles. The Labute approximate surface area is 217 Å². The van der Waals surface area contributed by atoms with Gasteiger partial charge >= 0.3 is 0 Å². The second-order valence-electron chi connectivity index (χ2n) is 9.66. The van der Waals surface area contributed by atoms with Crippen LogP contribution in [0.4, 0.5) is 5.82 Å². The van der Waals surface area contributed by atoms with Crippen LogP contribution in [0.25, 0.3) is 39.1 Å². The summed E-state index contributed by atoms with van der Waals surface area (Å²) in [7, 11) is 1.90. The van der Waals surface area contributed by atoms with Gasteiger partial charge in [-0.05, 0) is 36.6 Å². The molecule has 0 amide bonds. The Kier molecular flexibility index (Phi) is 6.02. The van der Waals surface area contributed by atoms with Gasteiger partial charge in [0, 0.05) is 43.4 Å². The van der Waals surface area contributed by atoms with Crippen LogP contribution in [0, 0.1) is 6.92 Å². The molecule has 2 N–H and O–H groups in total. The molecular formula is C31H30N6. The molecular weight excluding hydrogens is 456 g/mol. The summed E-state index contributed by atoms with van der Waals surface area (Å²) in [6.45, 7) is 4.83. The topological polar surface area (TPSA) is 72.9 Å². The number of hydrogen-bond acceptors (Lipinski definition) is 5. The van der Waals surface area contributed by atoms with Crippen molar-refractivity contribution in [3.05, 3.63) is 102 Å². The fraction of sp³-hybridized carbons (Fsp3) is 0.194. The molecule has 0 bridgehead atoms. The normalized spacial score (nSPS) is 14.2. The van der Waals surface area contributed by atoms with E-state index in [9.17, 15) is 0 Å². The highest BCUT2D eigenvalue weighted by molar-refractivity contribution is 5.86. The zero-order chi connectivity index (χ0) is 25.4. The number of fused-ring (bicyclic) bond motifs is 1. The van der Waals surface area contributed by atoms with Crippen LogP contribution in [0.5, 0.6) is 0 Å². The summed E-state index contributed by atoms with van der Waals surface area (Å²) in [6.07, 6.45) is 3.27. The highest BCUT2D eigenvalue weighted by atomic mass is 15.3. The van der Waals surface area contributed by atoms with Crippen molar-refractivity contribution in [3.63, 3.8) is 0 Å². The van der Waals surface area contributed by atoms with Crippen LogP contribution in [0.1, 0.15) is 23.2 Å². The molecule has 1 aliphatic rings. The van der Waals surface area contributed by atoms with Crippen molar-refractivity contribution in [2.75, 3.05) is 18.8 Å². The minimum atomic E-state index is 0.749. The molecule has 0 fully saturated rings. The summed E-state index contributed by atoms with van der Waals surface area (Å²) < 4.78 is 1.77. The first-order chi connectivity index (χ1) is 18.1. The van der Waals surface area contributed by atoms with Gasteiger partial charge in [-0.1, -0.05) is 72.8 Å². The van der Waals surface area contributed by atoms with Gasteiger partial charge < -0.3 is 5.73 Å². The van der Waals surface area contributed by atoms with Crippen molar-refractivity contribution in [3.8, 4) is 22.5 Å². The monoisotopic (exact) mass is 486 g/mol. The molecule has 0 atom stereocenters. The van der Waals surface area contributed by atoms with Crippen molar-refractivity contribution in [2.24, 2.45) is 7.05 Å². The SMILES string of the molecule is Cc1nn(C)c(N)c1C1=CCN(Cc2ccc(-c3nc4ccccc4nc3-c3ccccc3)cc2)CC1. The maximum Gasteiger partial charge on any atom is 0.129 e. The van der Waals surface area contributed by atoms with Crippen LogP contribution in [-0.2, 0) is 13.6 Å². The molecule has 37 heavy (non-hydrogen) atoms. The van der Waals surface area contributed by atoms with Crippen LogP contribution in [0.2, 0.25) is 0 Å². The highest BCUT2D eigenvalue weighted by Gasteiger charge is 2.20. The van der Waals surface area contributed by atoms with Gasteiger partial charge in [0.15, 0.2) is 0 Å².